The van der Waals surface area contributed by atoms with E-state index in [0.29, 0.717) is 0 Å². The van der Waals surface area contributed by atoms with E-state index in [1.165, 1.54) is 37.5 Å². The Balaban J connectivity index is 1.65. The van der Waals surface area contributed by atoms with Crippen molar-refractivity contribution in [3.05, 3.63) is 140 Å². The Morgan fingerprint density at radius 3 is 1.74 bits per heavy atom. The number of fused-ring (bicyclic) bond motifs is 10. The van der Waals surface area contributed by atoms with Crippen molar-refractivity contribution in [2.45, 2.75) is 0 Å². The van der Waals surface area contributed by atoms with Crippen LogP contribution in [0.15, 0.2) is 140 Å². The normalized spacial score (nSPS) is 12.2. The maximum Gasteiger partial charge on any atom is 0.146 e. The molecule has 2 heterocycles. The van der Waals surface area contributed by atoms with Gasteiger partial charge in [-0.15, -0.1) is 0 Å². The molecule has 0 bridgehead atoms. The fourth-order valence-electron chi connectivity index (χ4n) is 6.12. The highest BCUT2D eigenvalue weighted by atomic mass is 32.4. The summed E-state index contributed by atoms with van der Waals surface area (Å²) in [4.78, 5) is 5.21. The Hall–Kier alpha value is -4.30. The third kappa shape index (κ3) is 3.21. The van der Waals surface area contributed by atoms with Crippen LogP contribution in [0.25, 0.3) is 49.1 Å². The van der Waals surface area contributed by atoms with E-state index < -0.39 is 6.04 Å². The molecule has 0 unspecified atom stereocenters. The fourth-order valence-corrected chi connectivity index (χ4v) is 10.2. The summed E-state index contributed by atoms with van der Waals surface area (Å²) in [5.41, 5.74) is 4.25. The van der Waals surface area contributed by atoms with Crippen LogP contribution in [0, 0.1) is 0 Å². The highest BCUT2D eigenvalue weighted by molar-refractivity contribution is 8.25. The predicted octanol–water partition coefficient (Wildman–Crippen LogP) is 7.70. The summed E-state index contributed by atoms with van der Waals surface area (Å²) in [6, 6.07) is 47.2. The van der Waals surface area contributed by atoms with E-state index >= 15 is 0 Å². The molecular formula is C35H23N2PS. The van der Waals surface area contributed by atoms with Crippen molar-refractivity contribution in [1.82, 2.24) is 9.38 Å². The van der Waals surface area contributed by atoms with Crippen LogP contribution in [-0.4, -0.2) is 9.38 Å². The maximum atomic E-state index is 6.86. The Kier molecular flexibility index (Phi) is 5.00. The number of pyridine rings is 1. The third-order valence-electron chi connectivity index (χ3n) is 7.82. The van der Waals surface area contributed by atoms with Crippen LogP contribution in [0.3, 0.4) is 0 Å². The summed E-state index contributed by atoms with van der Waals surface area (Å²) in [7, 11) is 0. The van der Waals surface area contributed by atoms with E-state index in [2.05, 4.69) is 144 Å². The number of hydrogen-bond acceptors (Lipinski definition) is 2. The van der Waals surface area contributed by atoms with Gasteiger partial charge >= 0.3 is 0 Å². The van der Waals surface area contributed by atoms with Gasteiger partial charge in [-0.2, -0.15) is 0 Å². The molecule has 0 fully saturated rings. The molecule has 184 valence electrons. The topological polar surface area (TPSA) is 17.3 Å². The minimum atomic E-state index is -2.40. The van der Waals surface area contributed by atoms with E-state index in [-0.39, 0.29) is 0 Å². The van der Waals surface area contributed by atoms with Crippen LogP contribution in [0.1, 0.15) is 0 Å². The lowest BCUT2D eigenvalue weighted by molar-refractivity contribution is 1.32. The van der Waals surface area contributed by atoms with Crippen molar-refractivity contribution >= 4 is 82.9 Å². The molecule has 4 heteroatoms. The molecule has 6 aromatic carbocycles. The molecule has 8 rings (SSSR count). The molecule has 0 atom stereocenters. The second-order valence-electron chi connectivity index (χ2n) is 9.92. The number of para-hydroxylation sites is 3. The summed E-state index contributed by atoms with van der Waals surface area (Å²) in [5.74, 6) is 0. The first-order chi connectivity index (χ1) is 19.2. The molecule has 0 N–H and O–H groups in total. The van der Waals surface area contributed by atoms with Crippen molar-refractivity contribution in [2.24, 2.45) is 0 Å². The van der Waals surface area contributed by atoms with Crippen molar-refractivity contribution in [3.8, 4) is 0 Å². The summed E-state index contributed by atoms with van der Waals surface area (Å²) in [5, 5.41) is 9.63. The number of imidazole rings is 1. The summed E-state index contributed by atoms with van der Waals surface area (Å²) in [6.07, 6.45) is 0. The second-order valence-corrected chi connectivity index (χ2v) is 14.3. The van der Waals surface area contributed by atoms with E-state index in [1.807, 2.05) is 0 Å². The van der Waals surface area contributed by atoms with Crippen molar-refractivity contribution in [1.29, 1.82) is 0 Å². The van der Waals surface area contributed by atoms with Crippen LogP contribution in [0.5, 0.6) is 0 Å². The summed E-state index contributed by atoms with van der Waals surface area (Å²) in [6.45, 7) is 0. The second kappa shape index (κ2) is 8.61. The molecule has 39 heavy (non-hydrogen) atoms. The van der Waals surface area contributed by atoms with E-state index in [1.54, 1.807) is 0 Å². The number of nitrogens with zero attached hydrogens (tertiary/aromatic N) is 2. The van der Waals surface area contributed by atoms with E-state index in [4.69, 9.17) is 16.8 Å². The van der Waals surface area contributed by atoms with Crippen LogP contribution in [0.2, 0.25) is 0 Å². The van der Waals surface area contributed by atoms with Crippen LogP contribution >= 0.6 is 6.04 Å². The average Bonchev–Trinajstić information content (AvgIpc) is 3.41. The van der Waals surface area contributed by atoms with Gasteiger partial charge in [-0.3, -0.25) is 4.40 Å². The zero-order valence-corrected chi connectivity index (χ0v) is 22.7. The Morgan fingerprint density at radius 2 is 1.05 bits per heavy atom. The molecule has 2 nitrogen and oxygen atoms in total. The lowest BCUT2D eigenvalue weighted by Crippen LogP contribution is -2.25. The Labute approximate surface area is 231 Å². The summed E-state index contributed by atoms with van der Waals surface area (Å²) >= 11 is 6.86. The van der Waals surface area contributed by atoms with Crippen LogP contribution in [0.4, 0.5) is 0 Å². The largest absolute Gasteiger partial charge is 0.292 e. The highest BCUT2D eigenvalue weighted by Crippen LogP contribution is 2.47. The molecular weight excluding hydrogens is 511 g/mol. The summed E-state index contributed by atoms with van der Waals surface area (Å²) < 4.78 is 2.32. The highest BCUT2D eigenvalue weighted by Gasteiger charge is 2.28. The van der Waals surface area contributed by atoms with E-state index in [9.17, 15) is 0 Å². The first-order valence-electron chi connectivity index (χ1n) is 13.1. The standard InChI is InChI=1S/C35H23N2PS/c39-38(24-13-3-1-4-14-24,25-15-5-2-6-16-25)33-23-29-34(27-18-8-7-17-26(27)33)28-19-9-11-21-31(28)37-32-22-12-10-20-30(32)36-35(29)37/h1-23H. The van der Waals surface area contributed by atoms with Crippen molar-refractivity contribution in [2.75, 3.05) is 0 Å². The molecule has 0 radical (unpaired) electrons. The van der Waals surface area contributed by atoms with Gasteiger partial charge in [0, 0.05) is 27.5 Å². The number of rotatable bonds is 3. The van der Waals surface area contributed by atoms with Crippen molar-refractivity contribution in [3.63, 3.8) is 0 Å². The van der Waals surface area contributed by atoms with Gasteiger partial charge in [-0.05, 0) is 45.6 Å². The molecule has 2 aromatic heterocycles. The Bertz CT molecular complexity index is 2210. The molecule has 0 saturated heterocycles. The third-order valence-corrected chi connectivity index (χ3v) is 12.8. The SMILES string of the molecule is S=P(c1ccccc1)(c1ccccc1)c1cc2c(c3ccccc13)c1ccccc1n1c3ccccc3nc21. The molecule has 0 saturated carbocycles. The zero-order valence-electron chi connectivity index (χ0n) is 21.0. The number of benzene rings is 6. The lowest BCUT2D eigenvalue weighted by atomic mass is 9.99. The van der Waals surface area contributed by atoms with Gasteiger partial charge in [0.05, 0.1) is 16.6 Å². The van der Waals surface area contributed by atoms with Crippen molar-refractivity contribution < 1.29 is 0 Å². The predicted molar refractivity (Wildman–Crippen MR) is 171 cm³/mol. The van der Waals surface area contributed by atoms with Gasteiger partial charge in [0.2, 0.25) is 0 Å². The minimum Gasteiger partial charge on any atom is -0.292 e. The first-order valence-corrected chi connectivity index (χ1v) is 15.9. The average molecular weight is 535 g/mol. The maximum absolute atomic E-state index is 6.86. The first kappa shape index (κ1) is 22.7. The number of hydrogen-bond donors (Lipinski definition) is 0. The van der Waals surface area contributed by atoms with Crippen LogP contribution in [-0.2, 0) is 11.8 Å². The molecule has 0 aliphatic heterocycles. The quantitative estimate of drug-likeness (QED) is 0.171. The minimum absolute atomic E-state index is 0.972. The monoisotopic (exact) mass is 534 g/mol. The molecule has 8 aromatic rings. The lowest BCUT2D eigenvalue weighted by Gasteiger charge is -2.26. The number of aromatic nitrogens is 2. The van der Waals surface area contributed by atoms with Gasteiger partial charge in [0.25, 0.3) is 0 Å². The Morgan fingerprint density at radius 1 is 0.513 bits per heavy atom. The fraction of sp³-hybridized carbons (Fsp3) is 0. The zero-order chi connectivity index (χ0) is 26.0. The molecule has 0 spiro atoms. The molecule has 0 amide bonds. The molecule has 0 aliphatic carbocycles. The van der Waals surface area contributed by atoms with Gasteiger partial charge in [-0.25, -0.2) is 4.98 Å². The van der Waals surface area contributed by atoms with Gasteiger partial charge in [-0.1, -0.05) is 127 Å². The van der Waals surface area contributed by atoms with Crippen LogP contribution < -0.4 is 15.9 Å². The van der Waals surface area contributed by atoms with Gasteiger partial charge in [0.1, 0.15) is 5.65 Å². The smallest absolute Gasteiger partial charge is 0.146 e. The van der Waals surface area contributed by atoms with Gasteiger partial charge < -0.3 is 0 Å². The van der Waals surface area contributed by atoms with E-state index in [0.717, 1.165) is 27.6 Å². The van der Waals surface area contributed by atoms with Gasteiger partial charge in [0.15, 0.2) is 0 Å². The molecule has 0 aliphatic rings.